The summed E-state index contributed by atoms with van der Waals surface area (Å²) in [5.74, 6) is 0. The molecule has 4 nitrogen and oxygen atoms in total. The molecule has 0 aromatic heterocycles. The van der Waals surface area contributed by atoms with Crippen LogP contribution < -0.4 is 5.73 Å². The zero-order valence-electron chi connectivity index (χ0n) is 5.28. The van der Waals surface area contributed by atoms with E-state index in [1.165, 1.54) is 6.08 Å². The van der Waals surface area contributed by atoms with Gasteiger partial charge < -0.3 is 5.73 Å². The van der Waals surface area contributed by atoms with Crippen LogP contribution in [0.1, 0.15) is 0 Å². The number of carbonyl (C=O) groups excluding carboxylic acids is 1. The number of hydrogen-bond donors (Lipinski definition) is 1. The molecule has 0 spiro atoms. The normalized spacial score (nSPS) is 7.90. The van der Waals surface area contributed by atoms with Crippen molar-refractivity contribution in [1.82, 2.24) is 4.31 Å². The van der Waals surface area contributed by atoms with Crippen LogP contribution in [0.25, 0.3) is 0 Å². The molecule has 0 heterocycles. The molecule has 0 radical (unpaired) electrons. The lowest BCUT2D eigenvalue weighted by atomic mass is 10.6. The predicted octanol–water partition coefficient (Wildman–Crippen LogP) is 0.682. The van der Waals surface area contributed by atoms with Gasteiger partial charge in [0.05, 0.1) is 18.5 Å². The van der Waals surface area contributed by atoms with E-state index in [9.17, 15) is 4.79 Å². The minimum Gasteiger partial charge on any atom is -0.351 e. The number of primary amides is 1. The van der Waals surface area contributed by atoms with Crippen molar-refractivity contribution in [3.05, 3.63) is 12.7 Å². The Balaban J connectivity index is 3.86. The number of nitrogens with zero attached hydrogens (tertiary/aromatic N) is 2. The fourth-order valence-corrected chi connectivity index (χ4v) is 0.707. The summed E-state index contributed by atoms with van der Waals surface area (Å²) in [5.41, 5.74) is 4.88. The molecule has 0 bridgehead atoms. The molecule has 0 fully saturated rings. The second-order valence-corrected chi connectivity index (χ2v) is 2.18. The molecule has 0 aromatic rings. The number of nitrogens with two attached hydrogens (primary N) is 1. The lowest BCUT2D eigenvalue weighted by Crippen LogP contribution is -2.29. The van der Waals surface area contributed by atoms with Crippen LogP contribution in [-0.2, 0) is 0 Å². The molecular weight excluding hydrogens is 150 g/mol. The van der Waals surface area contributed by atoms with Gasteiger partial charge in [-0.15, -0.1) is 6.58 Å². The topological polar surface area (TPSA) is 70.1 Å². The van der Waals surface area contributed by atoms with Gasteiger partial charge in [-0.05, 0) is 0 Å². The number of carbonyl (C=O) groups is 1. The Morgan fingerprint density at radius 2 is 2.60 bits per heavy atom. The summed E-state index contributed by atoms with van der Waals surface area (Å²) in [6.45, 7) is 3.68. The lowest BCUT2D eigenvalue weighted by molar-refractivity contribution is 0.237. The Labute approximate surface area is 63.4 Å². The van der Waals surface area contributed by atoms with Crippen molar-refractivity contribution in [3.8, 4) is 5.40 Å². The molecule has 54 valence electrons. The molecule has 0 aromatic carbocycles. The van der Waals surface area contributed by atoms with Crippen LogP contribution in [-0.4, -0.2) is 16.9 Å². The third kappa shape index (κ3) is 2.99. The maximum atomic E-state index is 10.4. The number of hydrogen-bond acceptors (Lipinski definition) is 3. The van der Waals surface area contributed by atoms with Crippen molar-refractivity contribution in [2.45, 2.75) is 0 Å². The molecule has 5 heteroatoms. The maximum Gasteiger partial charge on any atom is 0.325 e. The van der Waals surface area contributed by atoms with Gasteiger partial charge in [-0.2, -0.15) is 5.26 Å². The maximum absolute atomic E-state index is 10.4. The monoisotopic (exact) mass is 157 g/mol. The lowest BCUT2D eigenvalue weighted by Gasteiger charge is -2.10. The molecule has 0 aliphatic heterocycles. The van der Waals surface area contributed by atoms with Crippen LogP contribution in [0.2, 0.25) is 0 Å². The molecule has 0 atom stereocenters. The zero-order chi connectivity index (χ0) is 7.98. The van der Waals surface area contributed by atoms with Crippen LogP contribution in [0.4, 0.5) is 4.79 Å². The van der Waals surface area contributed by atoms with Crippen molar-refractivity contribution in [2.75, 3.05) is 6.54 Å². The van der Waals surface area contributed by atoms with E-state index < -0.39 is 6.03 Å². The Kier molecular flexibility index (Phi) is 4.16. The molecule has 10 heavy (non-hydrogen) atoms. The quantitative estimate of drug-likeness (QED) is 0.372. The smallest absolute Gasteiger partial charge is 0.325 e. The number of rotatable bonds is 3. The van der Waals surface area contributed by atoms with Crippen LogP contribution >= 0.6 is 11.9 Å². The van der Waals surface area contributed by atoms with Crippen LogP contribution in [0.3, 0.4) is 0 Å². The highest BCUT2D eigenvalue weighted by Crippen LogP contribution is 2.05. The standard InChI is InChI=1S/C5H7N3OS/c1-2-3-8(5(7)9)10-4-6/h2H,1,3H2,(H2,7,9). The first kappa shape index (κ1) is 8.85. The molecule has 0 rings (SSSR count). The predicted molar refractivity (Wildman–Crippen MR) is 39.7 cm³/mol. The van der Waals surface area contributed by atoms with Crippen molar-refractivity contribution in [2.24, 2.45) is 5.73 Å². The molecule has 0 aliphatic rings. The SMILES string of the molecule is C=CCN(SC#N)C(N)=O. The molecule has 2 amide bonds. The van der Waals surface area contributed by atoms with E-state index in [2.05, 4.69) is 6.58 Å². The Bertz CT molecular complexity index is 174. The van der Waals surface area contributed by atoms with Crippen molar-refractivity contribution >= 4 is 18.0 Å². The first-order valence-corrected chi connectivity index (χ1v) is 3.23. The second-order valence-electron chi connectivity index (χ2n) is 1.37. The van der Waals surface area contributed by atoms with E-state index in [-0.39, 0.29) is 6.54 Å². The third-order valence-corrected chi connectivity index (χ3v) is 1.32. The largest absolute Gasteiger partial charge is 0.351 e. The van der Waals surface area contributed by atoms with E-state index in [0.29, 0.717) is 11.9 Å². The molecule has 0 saturated carbocycles. The fourth-order valence-electron chi connectivity index (χ4n) is 0.339. The van der Waals surface area contributed by atoms with Crippen molar-refractivity contribution in [3.63, 3.8) is 0 Å². The molecule has 2 N–H and O–H groups in total. The van der Waals surface area contributed by atoms with Crippen LogP contribution in [0.5, 0.6) is 0 Å². The van der Waals surface area contributed by atoms with E-state index in [4.69, 9.17) is 11.0 Å². The van der Waals surface area contributed by atoms with Gasteiger partial charge in [0.2, 0.25) is 0 Å². The first-order valence-electron chi connectivity index (χ1n) is 2.46. The summed E-state index contributed by atoms with van der Waals surface area (Å²) in [7, 11) is 0. The van der Waals surface area contributed by atoms with Gasteiger partial charge in [0.15, 0.2) is 5.40 Å². The van der Waals surface area contributed by atoms with Crippen LogP contribution in [0.15, 0.2) is 12.7 Å². The van der Waals surface area contributed by atoms with Crippen molar-refractivity contribution < 1.29 is 4.79 Å². The van der Waals surface area contributed by atoms with Gasteiger partial charge >= 0.3 is 6.03 Å². The number of thiocyanates is 1. The highest BCUT2D eigenvalue weighted by Gasteiger charge is 2.06. The Morgan fingerprint density at radius 3 is 2.90 bits per heavy atom. The van der Waals surface area contributed by atoms with E-state index >= 15 is 0 Å². The van der Waals surface area contributed by atoms with Gasteiger partial charge in [0.1, 0.15) is 0 Å². The summed E-state index contributed by atoms with van der Waals surface area (Å²) in [6, 6.07) is -0.633. The molecular formula is C5H7N3OS. The first-order chi connectivity index (χ1) is 4.72. The van der Waals surface area contributed by atoms with E-state index in [0.717, 1.165) is 4.31 Å². The summed E-state index contributed by atoms with van der Waals surface area (Å²) in [6.07, 6.45) is 1.50. The van der Waals surface area contributed by atoms with Gasteiger partial charge in [0, 0.05) is 0 Å². The van der Waals surface area contributed by atoms with Gasteiger partial charge in [-0.3, -0.25) is 4.31 Å². The fraction of sp³-hybridized carbons (Fsp3) is 0.200. The molecule has 0 aliphatic carbocycles. The average Bonchev–Trinajstić information content (AvgIpc) is 1.87. The summed E-state index contributed by atoms with van der Waals surface area (Å²) in [5, 5.41) is 9.87. The second kappa shape index (κ2) is 4.70. The zero-order valence-corrected chi connectivity index (χ0v) is 6.10. The van der Waals surface area contributed by atoms with Crippen LogP contribution in [0, 0.1) is 10.7 Å². The number of urea groups is 1. The minimum absolute atomic E-state index is 0.285. The Morgan fingerprint density at radius 1 is 2.00 bits per heavy atom. The number of amides is 2. The summed E-state index contributed by atoms with van der Waals surface area (Å²) < 4.78 is 1.10. The van der Waals surface area contributed by atoms with E-state index in [1.54, 1.807) is 5.40 Å². The average molecular weight is 157 g/mol. The molecule has 0 saturated heterocycles. The van der Waals surface area contributed by atoms with Crippen molar-refractivity contribution in [1.29, 1.82) is 5.26 Å². The highest BCUT2D eigenvalue weighted by molar-refractivity contribution is 8.01. The summed E-state index contributed by atoms with van der Waals surface area (Å²) >= 11 is 0.702. The molecule has 0 unspecified atom stereocenters. The minimum atomic E-state index is -0.633. The van der Waals surface area contributed by atoms with Gasteiger partial charge in [0.25, 0.3) is 0 Å². The number of nitriles is 1. The third-order valence-electron chi connectivity index (χ3n) is 0.692. The van der Waals surface area contributed by atoms with Gasteiger partial charge in [-0.25, -0.2) is 4.79 Å². The Hall–Kier alpha value is -1.15. The van der Waals surface area contributed by atoms with E-state index in [1.807, 2.05) is 0 Å². The highest BCUT2D eigenvalue weighted by atomic mass is 32.2. The summed E-state index contributed by atoms with van der Waals surface area (Å²) in [4.78, 5) is 10.4. The van der Waals surface area contributed by atoms with Gasteiger partial charge in [-0.1, -0.05) is 6.08 Å².